The van der Waals surface area contributed by atoms with E-state index in [1.807, 2.05) is 0 Å². The molecule has 0 fully saturated rings. The van der Waals surface area contributed by atoms with Crippen molar-refractivity contribution in [1.29, 1.82) is 0 Å². The molecule has 0 aliphatic heterocycles. The van der Waals surface area contributed by atoms with Crippen molar-refractivity contribution in [2.24, 2.45) is 0 Å². The summed E-state index contributed by atoms with van der Waals surface area (Å²) in [6.07, 6.45) is -5.54. The van der Waals surface area contributed by atoms with Crippen LogP contribution in [0.15, 0.2) is 24.3 Å². The van der Waals surface area contributed by atoms with E-state index in [0.717, 1.165) is 0 Å². The summed E-state index contributed by atoms with van der Waals surface area (Å²) in [5.41, 5.74) is 5.97. The Morgan fingerprint density at radius 2 is 1.89 bits per heavy atom. The molecule has 18 heavy (non-hydrogen) atoms. The van der Waals surface area contributed by atoms with E-state index in [-0.39, 0.29) is 6.61 Å². The van der Waals surface area contributed by atoms with Gasteiger partial charge in [0.2, 0.25) is 0 Å². The standard InChI is InChI=1S/C11H14F3NO3/c12-11(13,14)7-17-5-8(16)6-18-10-4-2-1-3-9(10)15/h1-4,8,16H,5-7,15H2. The van der Waals surface area contributed by atoms with Gasteiger partial charge >= 0.3 is 6.18 Å². The highest BCUT2D eigenvalue weighted by Gasteiger charge is 2.27. The molecular weight excluding hydrogens is 251 g/mol. The highest BCUT2D eigenvalue weighted by molar-refractivity contribution is 5.51. The molecule has 0 saturated carbocycles. The van der Waals surface area contributed by atoms with Gasteiger partial charge in [-0.25, -0.2) is 0 Å². The molecule has 1 rings (SSSR count). The highest BCUT2D eigenvalue weighted by atomic mass is 19.4. The number of ether oxygens (including phenoxy) is 2. The van der Waals surface area contributed by atoms with Crippen molar-refractivity contribution in [2.75, 3.05) is 25.6 Å². The van der Waals surface area contributed by atoms with E-state index in [2.05, 4.69) is 4.74 Å². The SMILES string of the molecule is Nc1ccccc1OCC(O)COCC(F)(F)F. The zero-order valence-corrected chi connectivity index (χ0v) is 9.48. The Kier molecular flexibility index (Phi) is 5.24. The van der Waals surface area contributed by atoms with E-state index < -0.39 is 25.5 Å². The first kappa shape index (κ1) is 14.6. The van der Waals surface area contributed by atoms with Crippen molar-refractivity contribution in [1.82, 2.24) is 0 Å². The maximum atomic E-state index is 11.8. The van der Waals surface area contributed by atoms with Crippen molar-refractivity contribution < 1.29 is 27.8 Å². The summed E-state index contributed by atoms with van der Waals surface area (Å²) in [6, 6.07) is 6.61. The lowest BCUT2D eigenvalue weighted by molar-refractivity contribution is -0.179. The molecule has 1 unspecified atom stereocenters. The van der Waals surface area contributed by atoms with Gasteiger partial charge < -0.3 is 20.3 Å². The van der Waals surface area contributed by atoms with Crippen molar-refractivity contribution in [3.63, 3.8) is 0 Å². The van der Waals surface area contributed by atoms with Gasteiger partial charge in [0.05, 0.1) is 12.3 Å². The molecule has 1 aromatic rings. The Morgan fingerprint density at radius 3 is 2.50 bits per heavy atom. The zero-order chi connectivity index (χ0) is 13.6. The second kappa shape index (κ2) is 6.46. The van der Waals surface area contributed by atoms with Crippen LogP contribution < -0.4 is 10.5 Å². The molecule has 102 valence electrons. The number of nitrogens with two attached hydrogens (primary N) is 1. The van der Waals surface area contributed by atoms with Crippen LogP contribution in [0.4, 0.5) is 18.9 Å². The molecule has 0 saturated heterocycles. The number of aliphatic hydroxyl groups is 1. The molecular formula is C11H14F3NO3. The van der Waals surface area contributed by atoms with Crippen LogP contribution in [0.25, 0.3) is 0 Å². The summed E-state index contributed by atoms with van der Waals surface area (Å²) in [5, 5.41) is 9.34. The van der Waals surface area contributed by atoms with Crippen LogP contribution in [0.3, 0.4) is 0 Å². The number of anilines is 1. The smallest absolute Gasteiger partial charge is 0.411 e. The average molecular weight is 265 g/mol. The van der Waals surface area contributed by atoms with Crippen molar-refractivity contribution in [3.05, 3.63) is 24.3 Å². The third kappa shape index (κ3) is 5.74. The van der Waals surface area contributed by atoms with E-state index in [9.17, 15) is 18.3 Å². The van der Waals surface area contributed by atoms with Gasteiger partial charge in [0, 0.05) is 0 Å². The van der Waals surface area contributed by atoms with Gasteiger partial charge in [-0.2, -0.15) is 13.2 Å². The van der Waals surface area contributed by atoms with Gasteiger partial charge in [-0.05, 0) is 12.1 Å². The van der Waals surface area contributed by atoms with Crippen molar-refractivity contribution >= 4 is 5.69 Å². The summed E-state index contributed by atoms with van der Waals surface area (Å²) in [5.74, 6) is 0.368. The minimum absolute atomic E-state index is 0.188. The number of nitrogen functional groups attached to an aromatic ring is 1. The molecule has 0 aliphatic carbocycles. The van der Waals surface area contributed by atoms with Gasteiger partial charge in [0.15, 0.2) is 0 Å². The van der Waals surface area contributed by atoms with Crippen LogP contribution in [-0.2, 0) is 4.74 Å². The predicted octanol–water partition coefficient (Wildman–Crippen LogP) is 1.59. The summed E-state index contributed by atoms with van der Waals surface area (Å²) < 4.78 is 44.7. The number of hydrogen-bond acceptors (Lipinski definition) is 4. The number of para-hydroxylation sites is 2. The van der Waals surface area contributed by atoms with Gasteiger partial charge in [-0.15, -0.1) is 0 Å². The van der Waals surface area contributed by atoms with Gasteiger partial charge in [0.1, 0.15) is 25.1 Å². The fourth-order valence-corrected chi connectivity index (χ4v) is 1.16. The number of hydrogen-bond donors (Lipinski definition) is 2. The Hall–Kier alpha value is -1.47. The fourth-order valence-electron chi connectivity index (χ4n) is 1.16. The van der Waals surface area contributed by atoms with E-state index in [0.29, 0.717) is 11.4 Å². The van der Waals surface area contributed by atoms with Gasteiger partial charge in [-0.3, -0.25) is 0 Å². The lowest BCUT2D eigenvalue weighted by Gasteiger charge is -2.14. The highest BCUT2D eigenvalue weighted by Crippen LogP contribution is 2.20. The Labute approximate surface area is 102 Å². The summed E-state index contributed by atoms with van der Waals surface area (Å²) >= 11 is 0. The molecule has 7 heteroatoms. The third-order valence-electron chi connectivity index (χ3n) is 1.93. The minimum atomic E-state index is -4.40. The van der Waals surface area contributed by atoms with Crippen LogP contribution >= 0.6 is 0 Å². The average Bonchev–Trinajstić information content (AvgIpc) is 2.26. The van der Waals surface area contributed by atoms with Crippen LogP contribution in [0, 0.1) is 0 Å². The monoisotopic (exact) mass is 265 g/mol. The molecule has 0 amide bonds. The molecule has 0 spiro atoms. The first-order valence-corrected chi connectivity index (χ1v) is 5.18. The second-order valence-corrected chi connectivity index (χ2v) is 3.63. The summed E-state index contributed by atoms with van der Waals surface area (Å²) in [7, 11) is 0. The van der Waals surface area contributed by atoms with Gasteiger partial charge in [0.25, 0.3) is 0 Å². The van der Waals surface area contributed by atoms with E-state index in [4.69, 9.17) is 10.5 Å². The second-order valence-electron chi connectivity index (χ2n) is 3.63. The topological polar surface area (TPSA) is 64.7 Å². The Bertz CT molecular complexity index is 371. The summed E-state index contributed by atoms with van der Waals surface area (Å²) in [6.45, 7) is -2.03. The van der Waals surface area contributed by atoms with E-state index >= 15 is 0 Å². The number of rotatable bonds is 6. The predicted molar refractivity (Wildman–Crippen MR) is 59.2 cm³/mol. The lowest BCUT2D eigenvalue weighted by Crippen LogP contribution is -2.27. The largest absolute Gasteiger partial charge is 0.489 e. The van der Waals surface area contributed by atoms with E-state index in [1.54, 1.807) is 24.3 Å². The fraction of sp³-hybridized carbons (Fsp3) is 0.455. The summed E-state index contributed by atoms with van der Waals surface area (Å²) in [4.78, 5) is 0. The van der Waals surface area contributed by atoms with Gasteiger partial charge in [-0.1, -0.05) is 12.1 Å². The first-order chi connectivity index (χ1) is 8.38. The lowest BCUT2D eigenvalue weighted by atomic mass is 10.3. The Balaban J connectivity index is 2.25. The molecule has 3 N–H and O–H groups in total. The number of halogens is 3. The quantitative estimate of drug-likeness (QED) is 0.767. The maximum absolute atomic E-state index is 11.8. The molecule has 0 aromatic heterocycles. The number of aliphatic hydroxyl groups excluding tert-OH is 1. The van der Waals surface area contributed by atoms with Crippen LogP contribution in [0.2, 0.25) is 0 Å². The van der Waals surface area contributed by atoms with Crippen molar-refractivity contribution in [3.8, 4) is 5.75 Å². The minimum Gasteiger partial charge on any atom is -0.489 e. The normalized spacial score (nSPS) is 13.3. The molecule has 0 bridgehead atoms. The molecule has 1 aromatic carbocycles. The van der Waals surface area contributed by atoms with Crippen LogP contribution in [-0.4, -0.2) is 37.2 Å². The number of alkyl halides is 3. The van der Waals surface area contributed by atoms with Crippen LogP contribution in [0.1, 0.15) is 0 Å². The number of benzene rings is 1. The molecule has 1 atom stereocenters. The first-order valence-electron chi connectivity index (χ1n) is 5.18. The third-order valence-corrected chi connectivity index (χ3v) is 1.93. The van der Waals surface area contributed by atoms with Crippen molar-refractivity contribution in [2.45, 2.75) is 12.3 Å². The molecule has 0 aliphatic rings. The molecule has 0 heterocycles. The van der Waals surface area contributed by atoms with Crippen LogP contribution in [0.5, 0.6) is 5.75 Å². The molecule has 4 nitrogen and oxygen atoms in total. The van der Waals surface area contributed by atoms with E-state index in [1.165, 1.54) is 0 Å². The molecule has 0 radical (unpaired) electrons. The zero-order valence-electron chi connectivity index (χ0n) is 9.48. The maximum Gasteiger partial charge on any atom is 0.411 e. The Morgan fingerprint density at radius 1 is 1.22 bits per heavy atom.